The highest BCUT2D eigenvalue weighted by molar-refractivity contribution is 6.08. The number of H-pyrrole nitrogens is 3. The molecule has 5 rings (SSSR count). The number of anilines is 1. The maximum absolute atomic E-state index is 12.9. The van der Waals surface area contributed by atoms with Crippen molar-refractivity contribution in [3.63, 3.8) is 0 Å². The first-order chi connectivity index (χ1) is 14.1. The van der Waals surface area contributed by atoms with Crippen molar-refractivity contribution in [2.75, 3.05) is 12.4 Å². The van der Waals surface area contributed by atoms with Gasteiger partial charge in [0.15, 0.2) is 0 Å². The van der Waals surface area contributed by atoms with Gasteiger partial charge in [0.05, 0.1) is 24.1 Å². The zero-order valence-corrected chi connectivity index (χ0v) is 15.3. The third-order valence-corrected chi connectivity index (χ3v) is 5.17. The van der Waals surface area contributed by atoms with E-state index in [1.165, 1.54) is 0 Å². The SMILES string of the molecule is COc1cccc(-c2[nH]c3[nH]c(=O)[nH]c(=O)c3c2C2C(=O)Nc3ccccc32)c1. The number of carbonyl (C=O) groups is 1. The monoisotopic (exact) mass is 388 g/mol. The van der Waals surface area contributed by atoms with Gasteiger partial charge in [-0.15, -0.1) is 0 Å². The number of benzene rings is 2. The van der Waals surface area contributed by atoms with Crippen LogP contribution in [0.25, 0.3) is 22.3 Å². The Morgan fingerprint density at radius 1 is 0.931 bits per heavy atom. The molecule has 2 aromatic heterocycles. The molecule has 0 spiro atoms. The summed E-state index contributed by atoms with van der Waals surface area (Å²) in [4.78, 5) is 45.5. The summed E-state index contributed by atoms with van der Waals surface area (Å²) in [5, 5.41) is 3.12. The standard InChI is InChI=1S/C21H16N4O4/c1-29-11-6-4-5-10(9-11)17-15(16-18(23-17)24-21(28)25-20(16)27)14-12-7-2-3-8-13(12)22-19(14)26/h2-9,14H,1H3,(H,22,26)(H3,23,24,25,27,28). The van der Waals surface area contributed by atoms with Crippen LogP contribution in [0.15, 0.2) is 58.1 Å². The molecule has 0 radical (unpaired) electrons. The molecule has 0 saturated heterocycles. The average Bonchev–Trinajstić information content (AvgIpc) is 3.24. The molecule has 8 heteroatoms. The number of amides is 1. The molecule has 1 aliphatic heterocycles. The summed E-state index contributed by atoms with van der Waals surface area (Å²) in [7, 11) is 1.56. The maximum atomic E-state index is 12.9. The van der Waals surface area contributed by atoms with Crippen LogP contribution in [0.5, 0.6) is 5.75 Å². The topological polar surface area (TPSA) is 120 Å². The Kier molecular flexibility index (Phi) is 3.67. The van der Waals surface area contributed by atoms with Crippen LogP contribution >= 0.6 is 0 Å². The van der Waals surface area contributed by atoms with Crippen molar-refractivity contribution in [3.8, 4) is 17.0 Å². The minimum atomic E-state index is -0.701. The highest BCUT2D eigenvalue weighted by Crippen LogP contribution is 2.43. The number of hydrogen-bond donors (Lipinski definition) is 4. The molecule has 0 fully saturated rings. The number of ether oxygens (including phenoxy) is 1. The van der Waals surface area contributed by atoms with E-state index in [-0.39, 0.29) is 16.9 Å². The largest absolute Gasteiger partial charge is 0.497 e. The van der Waals surface area contributed by atoms with Crippen molar-refractivity contribution >= 4 is 22.6 Å². The lowest BCUT2D eigenvalue weighted by atomic mass is 9.89. The van der Waals surface area contributed by atoms with Crippen LogP contribution in [0.1, 0.15) is 17.0 Å². The first kappa shape index (κ1) is 17.1. The van der Waals surface area contributed by atoms with E-state index in [1.807, 2.05) is 36.4 Å². The summed E-state index contributed by atoms with van der Waals surface area (Å²) in [6.07, 6.45) is 0. The average molecular weight is 388 g/mol. The lowest BCUT2D eigenvalue weighted by Crippen LogP contribution is -2.23. The predicted molar refractivity (Wildman–Crippen MR) is 108 cm³/mol. The van der Waals surface area contributed by atoms with Gasteiger partial charge in [0.1, 0.15) is 11.4 Å². The molecule has 1 atom stereocenters. The van der Waals surface area contributed by atoms with Crippen molar-refractivity contribution in [2.24, 2.45) is 0 Å². The zero-order chi connectivity index (χ0) is 20.1. The Hall–Kier alpha value is -4.07. The Labute approximate surface area is 163 Å². The third-order valence-electron chi connectivity index (χ3n) is 5.17. The fraction of sp³-hybridized carbons (Fsp3) is 0.0952. The Bertz CT molecular complexity index is 1400. The van der Waals surface area contributed by atoms with Crippen LogP contribution in [-0.4, -0.2) is 28.0 Å². The Balaban J connectivity index is 1.88. The molecule has 2 aromatic carbocycles. The first-order valence-electron chi connectivity index (χ1n) is 8.99. The van der Waals surface area contributed by atoms with Gasteiger partial charge in [-0.1, -0.05) is 30.3 Å². The molecule has 144 valence electrons. The molecule has 0 bridgehead atoms. The van der Waals surface area contributed by atoms with E-state index >= 15 is 0 Å². The molecule has 0 aliphatic carbocycles. The fourth-order valence-corrected chi connectivity index (χ4v) is 3.94. The van der Waals surface area contributed by atoms with Gasteiger partial charge in [-0.2, -0.15) is 0 Å². The summed E-state index contributed by atoms with van der Waals surface area (Å²) in [6, 6.07) is 14.6. The van der Waals surface area contributed by atoms with Crippen LogP contribution in [0.4, 0.5) is 5.69 Å². The van der Waals surface area contributed by atoms with Gasteiger partial charge in [-0.25, -0.2) is 4.79 Å². The molecule has 0 saturated carbocycles. The fourth-order valence-electron chi connectivity index (χ4n) is 3.94. The number of para-hydroxylation sites is 1. The molecule has 8 nitrogen and oxygen atoms in total. The normalized spacial score (nSPS) is 15.3. The molecule has 4 N–H and O–H groups in total. The Morgan fingerprint density at radius 3 is 2.59 bits per heavy atom. The van der Waals surface area contributed by atoms with E-state index in [9.17, 15) is 14.4 Å². The van der Waals surface area contributed by atoms with Gasteiger partial charge in [0.25, 0.3) is 5.56 Å². The van der Waals surface area contributed by atoms with Crippen molar-refractivity contribution in [3.05, 3.63) is 80.5 Å². The summed E-state index contributed by atoms with van der Waals surface area (Å²) in [5.74, 6) is -0.305. The highest BCUT2D eigenvalue weighted by Gasteiger charge is 2.36. The van der Waals surface area contributed by atoms with Gasteiger partial charge in [0.2, 0.25) is 5.91 Å². The summed E-state index contributed by atoms with van der Waals surface area (Å²) in [5.41, 5.74) is 2.38. The second kappa shape index (κ2) is 6.23. The summed E-state index contributed by atoms with van der Waals surface area (Å²) >= 11 is 0. The number of rotatable bonds is 3. The molecule has 3 heterocycles. The number of nitrogens with one attached hydrogen (secondary N) is 4. The maximum Gasteiger partial charge on any atom is 0.327 e. The smallest absolute Gasteiger partial charge is 0.327 e. The lowest BCUT2D eigenvalue weighted by Gasteiger charge is -2.12. The number of methoxy groups -OCH3 is 1. The minimum absolute atomic E-state index is 0.234. The number of fused-ring (bicyclic) bond motifs is 2. The molecule has 1 amide bonds. The van der Waals surface area contributed by atoms with E-state index in [0.717, 1.165) is 11.1 Å². The molecule has 1 aliphatic rings. The van der Waals surface area contributed by atoms with Crippen molar-refractivity contribution < 1.29 is 9.53 Å². The second-order valence-electron chi connectivity index (χ2n) is 6.81. The molecular weight excluding hydrogens is 372 g/mol. The van der Waals surface area contributed by atoms with Crippen LogP contribution < -0.4 is 21.3 Å². The van der Waals surface area contributed by atoms with E-state index in [2.05, 4.69) is 20.3 Å². The molecular formula is C21H16N4O4. The molecule has 4 aromatic rings. The number of aromatic amines is 3. The number of hydrogen-bond acceptors (Lipinski definition) is 4. The van der Waals surface area contributed by atoms with E-state index in [4.69, 9.17) is 4.74 Å². The van der Waals surface area contributed by atoms with Gasteiger partial charge in [0, 0.05) is 16.8 Å². The number of aromatic nitrogens is 3. The van der Waals surface area contributed by atoms with Gasteiger partial charge in [-0.3, -0.25) is 19.6 Å². The van der Waals surface area contributed by atoms with Crippen molar-refractivity contribution in [1.82, 2.24) is 15.0 Å². The van der Waals surface area contributed by atoms with E-state index in [0.29, 0.717) is 22.7 Å². The predicted octanol–water partition coefficient (Wildman–Crippen LogP) is 2.30. The third kappa shape index (κ3) is 2.57. The Morgan fingerprint density at radius 2 is 1.76 bits per heavy atom. The van der Waals surface area contributed by atoms with Crippen LogP contribution in [0.3, 0.4) is 0 Å². The van der Waals surface area contributed by atoms with Gasteiger partial charge >= 0.3 is 5.69 Å². The zero-order valence-electron chi connectivity index (χ0n) is 15.3. The van der Waals surface area contributed by atoms with Gasteiger partial charge in [-0.05, 0) is 23.8 Å². The lowest BCUT2D eigenvalue weighted by molar-refractivity contribution is -0.116. The quantitative estimate of drug-likeness (QED) is 0.430. The van der Waals surface area contributed by atoms with Gasteiger partial charge < -0.3 is 15.0 Å². The summed E-state index contributed by atoms with van der Waals surface area (Å²) < 4.78 is 5.32. The van der Waals surface area contributed by atoms with E-state index < -0.39 is 17.2 Å². The highest BCUT2D eigenvalue weighted by atomic mass is 16.5. The van der Waals surface area contributed by atoms with Crippen LogP contribution in [0.2, 0.25) is 0 Å². The van der Waals surface area contributed by atoms with Crippen molar-refractivity contribution in [2.45, 2.75) is 5.92 Å². The van der Waals surface area contributed by atoms with E-state index in [1.54, 1.807) is 19.2 Å². The summed E-state index contributed by atoms with van der Waals surface area (Å²) in [6.45, 7) is 0. The first-order valence-corrected chi connectivity index (χ1v) is 8.99. The van der Waals surface area contributed by atoms with Crippen molar-refractivity contribution in [1.29, 1.82) is 0 Å². The van der Waals surface area contributed by atoms with Crippen LogP contribution in [0, 0.1) is 0 Å². The molecule has 29 heavy (non-hydrogen) atoms. The number of carbonyl (C=O) groups excluding carboxylic acids is 1. The second-order valence-corrected chi connectivity index (χ2v) is 6.81. The van der Waals surface area contributed by atoms with Crippen LogP contribution in [-0.2, 0) is 4.79 Å². The molecule has 1 unspecified atom stereocenters. The minimum Gasteiger partial charge on any atom is -0.497 e.